The van der Waals surface area contributed by atoms with Crippen molar-refractivity contribution < 1.29 is 14.3 Å². The number of carbonyl (C=O) groups is 2. The number of ketones is 1. The van der Waals surface area contributed by atoms with E-state index in [0.717, 1.165) is 37.5 Å². The molecule has 3 nitrogen and oxygen atoms in total. The number of hydrogen-bond donors (Lipinski definition) is 0. The number of carbonyl (C=O) groups excluding carboxylic acids is 2. The smallest absolute Gasteiger partial charge is 0.305 e. The van der Waals surface area contributed by atoms with Crippen LogP contribution in [0.4, 0.5) is 0 Å². The molecule has 7 atom stereocenters. The van der Waals surface area contributed by atoms with Crippen LogP contribution in [-0.4, -0.2) is 17.9 Å². The Bertz CT molecular complexity index is 570. The van der Waals surface area contributed by atoms with Crippen molar-refractivity contribution in [2.45, 2.75) is 91.1 Å². The van der Waals surface area contributed by atoms with Crippen LogP contribution in [0.2, 0.25) is 0 Å². The van der Waals surface area contributed by atoms with Crippen molar-refractivity contribution >= 4 is 11.8 Å². The topological polar surface area (TPSA) is 43.4 Å². The lowest BCUT2D eigenvalue weighted by atomic mass is 9.45. The first-order chi connectivity index (χ1) is 11.9. The van der Waals surface area contributed by atoms with Gasteiger partial charge in [-0.25, -0.2) is 0 Å². The Kier molecular flexibility index (Phi) is 4.28. The molecule has 0 unspecified atom stereocenters. The largest absolute Gasteiger partial charge is 0.462 e. The van der Waals surface area contributed by atoms with E-state index in [1.54, 1.807) is 0 Å². The lowest BCUT2D eigenvalue weighted by molar-refractivity contribution is -0.163. The van der Waals surface area contributed by atoms with Gasteiger partial charge in [-0.05, 0) is 74.0 Å². The molecule has 4 aliphatic carbocycles. The molecule has 0 amide bonds. The molecule has 3 heteroatoms. The Labute approximate surface area is 152 Å². The molecular formula is C22H34O3. The molecule has 0 radical (unpaired) electrons. The van der Waals surface area contributed by atoms with E-state index in [-0.39, 0.29) is 17.5 Å². The molecule has 0 aromatic carbocycles. The lowest BCUT2D eigenvalue weighted by Gasteiger charge is -2.60. The van der Waals surface area contributed by atoms with Crippen LogP contribution in [0.5, 0.6) is 0 Å². The maximum Gasteiger partial charge on any atom is 0.305 e. The zero-order valence-corrected chi connectivity index (χ0v) is 16.2. The second-order valence-electron chi connectivity index (χ2n) is 9.85. The molecule has 0 aliphatic heterocycles. The summed E-state index contributed by atoms with van der Waals surface area (Å²) in [4.78, 5) is 23.9. The zero-order valence-electron chi connectivity index (χ0n) is 16.2. The summed E-state index contributed by atoms with van der Waals surface area (Å²) >= 11 is 0. The van der Waals surface area contributed by atoms with Gasteiger partial charge in [0.05, 0.1) is 0 Å². The predicted molar refractivity (Wildman–Crippen MR) is 96.9 cm³/mol. The van der Waals surface area contributed by atoms with Gasteiger partial charge in [-0.2, -0.15) is 0 Å². The van der Waals surface area contributed by atoms with Crippen molar-refractivity contribution in [1.29, 1.82) is 0 Å². The van der Waals surface area contributed by atoms with Crippen LogP contribution in [0.15, 0.2) is 0 Å². The molecule has 0 aromatic heterocycles. The Morgan fingerprint density at radius 3 is 2.56 bits per heavy atom. The van der Waals surface area contributed by atoms with Gasteiger partial charge in [-0.1, -0.05) is 20.8 Å². The first-order valence-corrected chi connectivity index (χ1v) is 10.6. The van der Waals surface area contributed by atoms with Gasteiger partial charge in [0.1, 0.15) is 11.9 Å². The van der Waals surface area contributed by atoms with Crippen molar-refractivity contribution in [3.63, 3.8) is 0 Å². The van der Waals surface area contributed by atoms with Crippen LogP contribution in [0.3, 0.4) is 0 Å². The fraction of sp³-hybridized carbons (Fsp3) is 0.909. The fourth-order valence-corrected chi connectivity index (χ4v) is 7.43. The Morgan fingerprint density at radius 2 is 1.80 bits per heavy atom. The standard InChI is InChI=1S/C22H34O3/c1-4-20(24)25-19-8-7-17-16-6-5-14-13-15(23)9-11-21(14,2)18(16)10-12-22(17,19)3/h14,16-19H,4-13H2,1-3H3/t14-,16+,17+,18+,19+,21+,22+/m1/s1. The van der Waals surface area contributed by atoms with Crippen LogP contribution in [0.25, 0.3) is 0 Å². The molecule has 0 heterocycles. The number of ether oxygens (including phenoxy) is 1. The lowest BCUT2D eigenvalue weighted by Crippen LogP contribution is -2.54. The maximum atomic E-state index is 12.0. The molecule has 0 spiro atoms. The summed E-state index contributed by atoms with van der Waals surface area (Å²) in [7, 11) is 0. The minimum Gasteiger partial charge on any atom is -0.462 e. The highest BCUT2D eigenvalue weighted by molar-refractivity contribution is 5.79. The van der Waals surface area contributed by atoms with Gasteiger partial charge >= 0.3 is 5.97 Å². The van der Waals surface area contributed by atoms with Crippen LogP contribution >= 0.6 is 0 Å². The van der Waals surface area contributed by atoms with Gasteiger partial charge in [0.2, 0.25) is 0 Å². The molecule has 25 heavy (non-hydrogen) atoms. The number of Topliss-reactive ketones (excluding diaryl/α,β-unsaturated/α-hetero) is 1. The summed E-state index contributed by atoms with van der Waals surface area (Å²) in [6.45, 7) is 6.78. The SMILES string of the molecule is CCC(=O)O[C@H]1CC[C@H]2[C@@H]3CC[C@@H]4CC(=O)CC[C@]4(C)[C@H]3CC[C@]12C. The maximum absolute atomic E-state index is 12.0. The number of rotatable bonds is 2. The van der Waals surface area contributed by atoms with E-state index in [2.05, 4.69) is 13.8 Å². The summed E-state index contributed by atoms with van der Waals surface area (Å²) < 4.78 is 5.87. The highest BCUT2D eigenvalue weighted by Gasteiger charge is 2.61. The quantitative estimate of drug-likeness (QED) is 0.667. The van der Waals surface area contributed by atoms with Gasteiger partial charge < -0.3 is 4.74 Å². The third-order valence-corrected chi connectivity index (χ3v) is 8.96. The molecule has 140 valence electrons. The Morgan fingerprint density at radius 1 is 1.04 bits per heavy atom. The molecule has 4 rings (SSSR count). The summed E-state index contributed by atoms with van der Waals surface area (Å²) in [5.41, 5.74) is 0.552. The van der Waals surface area contributed by atoms with Crippen LogP contribution in [0, 0.1) is 34.5 Å². The molecule has 4 fully saturated rings. The van der Waals surface area contributed by atoms with Gasteiger partial charge in [0.15, 0.2) is 0 Å². The van der Waals surface area contributed by atoms with Crippen molar-refractivity contribution in [2.75, 3.05) is 0 Å². The van der Waals surface area contributed by atoms with Gasteiger partial charge in [0.25, 0.3) is 0 Å². The molecular weight excluding hydrogens is 312 g/mol. The summed E-state index contributed by atoms with van der Waals surface area (Å²) in [5, 5.41) is 0. The van der Waals surface area contributed by atoms with Gasteiger partial charge in [-0.3, -0.25) is 9.59 Å². The van der Waals surface area contributed by atoms with E-state index in [1.807, 2.05) is 6.92 Å². The van der Waals surface area contributed by atoms with E-state index in [4.69, 9.17) is 4.74 Å². The van der Waals surface area contributed by atoms with Crippen LogP contribution in [0.1, 0.15) is 85.0 Å². The van der Waals surface area contributed by atoms with Gasteiger partial charge in [0, 0.05) is 24.7 Å². The van der Waals surface area contributed by atoms with Crippen molar-refractivity contribution in [3.05, 3.63) is 0 Å². The first kappa shape index (κ1) is 17.5. The average Bonchev–Trinajstić information content (AvgIpc) is 2.92. The zero-order chi connectivity index (χ0) is 17.8. The number of esters is 1. The van der Waals surface area contributed by atoms with E-state index < -0.39 is 0 Å². The molecule has 0 aromatic rings. The third-order valence-electron chi connectivity index (χ3n) is 8.96. The normalized spacial score (nSPS) is 49.1. The molecule has 0 bridgehead atoms. The molecule has 4 aliphatic rings. The first-order valence-electron chi connectivity index (χ1n) is 10.6. The second-order valence-corrected chi connectivity index (χ2v) is 9.85. The summed E-state index contributed by atoms with van der Waals surface area (Å²) in [6.07, 6.45) is 10.6. The highest BCUT2D eigenvalue weighted by atomic mass is 16.5. The minimum absolute atomic E-state index is 0.0320. The predicted octanol–water partition coefficient (Wildman–Crippen LogP) is 4.92. The highest BCUT2D eigenvalue weighted by Crippen LogP contribution is 2.66. The fourth-order valence-electron chi connectivity index (χ4n) is 7.43. The Balaban J connectivity index is 1.56. The van der Waals surface area contributed by atoms with E-state index in [1.165, 1.54) is 32.1 Å². The van der Waals surface area contributed by atoms with Crippen molar-refractivity contribution in [2.24, 2.45) is 34.5 Å². The van der Waals surface area contributed by atoms with E-state index in [9.17, 15) is 9.59 Å². The summed E-state index contributed by atoms with van der Waals surface area (Å²) in [5.74, 6) is 3.34. The van der Waals surface area contributed by atoms with E-state index in [0.29, 0.717) is 29.5 Å². The second kappa shape index (κ2) is 6.09. The number of hydrogen-bond acceptors (Lipinski definition) is 3. The number of fused-ring (bicyclic) bond motifs is 5. The van der Waals surface area contributed by atoms with Crippen molar-refractivity contribution in [1.82, 2.24) is 0 Å². The van der Waals surface area contributed by atoms with Crippen LogP contribution < -0.4 is 0 Å². The molecule has 0 N–H and O–H groups in total. The average molecular weight is 347 g/mol. The molecule has 4 saturated carbocycles. The monoisotopic (exact) mass is 346 g/mol. The van der Waals surface area contributed by atoms with E-state index >= 15 is 0 Å². The van der Waals surface area contributed by atoms with Gasteiger partial charge in [-0.15, -0.1) is 0 Å². The Hall–Kier alpha value is -0.860. The van der Waals surface area contributed by atoms with Crippen LogP contribution in [-0.2, 0) is 14.3 Å². The third kappa shape index (κ3) is 2.59. The van der Waals surface area contributed by atoms with Crippen molar-refractivity contribution in [3.8, 4) is 0 Å². The minimum atomic E-state index is -0.0320. The summed E-state index contributed by atoms with van der Waals surface area (Å²) in [6, 6.07) is 0. The molecule has 0 saturated heterocycles.